The largest absolute Gasteiger partial charge is 0.401 e. The van der Waals surface area contributed by atoms with Crippen molar-refractivity contribution in [2.24, 2.45) is 5.92 Å². The molecule has 1 aliphatic carbocycles. The average molecular weight is 302 g/mol. The Morgan fingerprint density at radius 2 is 2.05 bits per heavy atom. The lowest BCUT2D eigenvalue weighted by molar-refractivity contribution is -0.143. The highest BCUT2D eigenvalue weighted by molar-refractivity contribution is 5.79. The molecule has 0 heterocycles. The van der Waals surface area contributed by atoms with E-state index in [4.69, 9.17) is 0 Å². The van der Waals surface area contributed by atoms with Crippen molar-refractivity contribution in [2.45, 2.75) is 37.8 Å². The van der Waals surface area contributed by atoms with Crippen molar-refractivity contribution in [3.05, 3.63) is 0 Å². The van der Waals surface area contributed by atoms with Crippen LogP contribution in [0.15, 0.2) is 0 Å². The molecule has 1 amide bonds. The lowest BCUT2D eigenvalue weighted by atomic mass is 10.1. The van der Waals surface area contributed by atoms with Crippen molar-refractivity contribution >= 4 is 5.91 Å². The Morgan fingerprint density at radius 3 is 2.55 bits per heavy atom. The van der Waals surface area contributed by atoms with E-state index in [0.717, 1.165) is 4.90 Å². The topological polar surface area (TPSA) is 32.3 Å². The van der Waals surface area contributed by atoms with E-state index in [2.05, 4.69) is 5.32 Å². The van der Waals surface area contributed by atoms with Gasteiger partial charge in [-0.3, -0.25) is 9.69 Å². The first-order valence-electron chi connectivity index (χ1n) is 6.50. The highest BCUT2D eigenvalue weighted by Gasteiger charge is 2.42. The summed E-state index contributed by atoms with van der Waals surface area (Å²) in [5.41, 5.74) is 0. The minimum atomic E-state index is -4.24. The fourth-order valence-corrected chi connectivity index (χ4v) is 2.26. The van der Waals surface area contributed by atoms with Crippen molar-refractivity contribution in [2.75, 3.05) is 26.7 Å². The monoisotopic (exact) mass is 302 g/mol. The summed E-state index contributed by atoms with van der Waals surface area (Å²) < 4.78 is 61.9. The number of halogens is 5. The molecule has 118 valence electrons. The molecule has 1 rings (SSSR count). The van der Waals surface area contributed by atoms with Crippen LogP contribution >= 0.6 is 0 Å². The summed E-state index contributed by atoms with van der Waals surface area (Å²) in [4.78, 5) is 12.7. The smallest absolute Gasteiger partial charge is 0.356 e. The van der Waals surface area contributed by atoms with Gasteiger partial charge in [0.25, 0.3) is 0 Å². The Morgan fingerprint density at radius 1 is 1.40 bits per heavy atom. The second kappa shape index (κ2) is 6.69. The zero-order chi connectivity index (χ0) is 15.4. The van der Waals surface area contributed by atoms with E-state index in [0.29, 0.717) is 6.42 Å². The molecule has 0 aromatic carbocycles. The minimum absolute atomic E-state index is 0.160. The van der Waals surface area contributed by atoms with Gasteiger partial charge >= 0.3 is 6.18 Å². The van der Waals surface area contributed by atoms with E-state index in [-0.39, 0.29) is 25.9 Å². The first kappa shape index (κ1) is 17.1. The number of hydrogen-bond donors (Lipinski definition) is 1. The van der Waals surface area contributed by atoms with Crippen LogP contribution in [0, 0.1) is 5.92 Å². The van der Waals surface area contributed by atoms with Gasteiger partial charge < -0.3 is 5.32 Å². The van der Waals surface area contributed by atoms with Gasteiger partial charge in [0.1, 0.15) is 0 Å². The Bertz CT molecular complexity index is 332. The van der Waals surface area contributed by atoms with Gasteiger partial charge in [-0.05, 0) is 26.4 Å². The number of alkyl halides is 5. The summed E-state index contributed by atoms with van der Waals surface area (Å²) in [6, 6.07) is 0. The fourth-order valence-electron chi connectivity index (χ4n) is 2.26. The molecule has 0 unspecified atom stereocenters. The molecule has 1 aliphatic rings. The molecule has 0 saturated heterocycles. The third-order valence-electron chi connectivity index (χ3n) is 3.24. The highest BCUT2D eigenvalue weighted by atomic mass is 19.4. The summed E-state index contributed by atoms with van der Waals surface area (Å²) in [7, 11) is 1.34. The van der Waals surface area contributed by atoms with Gasteiger partial charge in [0, 0.05) is 25.3 Å². The second-order valence-electron chi connectivity index (χ2n) is 5.29. The Hall–Kier alpha value is -0.920. The average Bonchev–Trinajstić information content (AvgIpc) is 2.62. The zero-order valence-electron chi connectivity index (χ0n) is 11.3. The number of carbonyl (C=O) groups is 1. The van der Waals surface area contributed by atoms with Gasteiger partial charge in [-0.25, -0.2) is 8.78 Å². The number of rotatable bonds is 6. The molecule has 1 fully saturated rings. The van der Waals surface area contributed by atoms with Gasteiger partial charge in [-0.2, -0.15) is 13.2 Å². The summed E-state index contributed by atoms with van der Waals surface area (Å²) in [5, 5.41) is 2.50. The number of nitrogens with one attached hydrogen (secondary N) is 1. The summed E-state index contributed by atoms with van der Waals surface area (Å²) in [5.74, 6) is -3.88. The number of amides is 1. The molecule has 8 heteroatoms. The van der Waals surface area contributed by atoms with Gasteiger partial charge in [-0.15, -0.1) is 0 Å². The van der Waals surface area contributed by atoms with Gasteiger partial charge in [0.15, 0.2) is 0 Å². The van der Waals surface area contributed by atoms with Crippen LogP contribution in [-0.2, 0) is 4.79 Å². The quantitative estimate of drug-likeness (QED) is 0.604. The van der Waals surface area contributed by atoms with Crippen LogP contribution in [0.1, 0.15) is 25.7 Å². The molecule has 1 saturated carbocycles. The minimum Gasteiger partial charge on any atom is -0.356 e. The molecule has 0 aromatic rings. The van der Waals surface area contributed by atoms with Crippen LogP contribution in [0.5, 0.6) is 0 Å². The molecule has 1 atom stereocenters. The maximum atomic E-state index is 12.9. The summed E-state index contributed by atoms with van der Waals surface area (Å²) >= 11 is 0. The van der Waals surface area contributed by atoms with Crippen molar-refractivity contribution < 1.29 is 26.7 Å². The van der Waals surface area contributed by atoms with Gasteiger partial charge in [-0.1, -0.05) is 0 Å². The third-order valence-corrected chi connectivity index (χ3v) is 3.24. The van der Waals surface area contributed by atoms with Crippen LogP contribution in [0.2, 0.25) is 0 Å². The predicted octanol–water partition coefficient (Wildman–Crippen LogP) is 2.42. The van der Waals surface area contributed by atoms with Crippen LogP contribution in [0.3, 0.4) is 0 Å². The van der Waals surface area contributed by atoms with Crippen molar-refractivity contribution in [3.8, 4) is 0 Å². The van der Waals surface area contributed by atoms with Crippen molar-refractivity contribution in [1.82, 2.24) is 10.2 Å². The molecule has 0 aromatic heterocycles. The Labute approximate surface area is 114 Å². The van der Waals surface area contributed by atoms with E-state index >= 15 is 0 Å². The SMILES string of the molecule is CN(CCCNC(=O)[C@@H]1CCC(F)(F)C1)CC(F)(F)F. The van der Waals surface area contributed by atoms with Crippen molar-refractivity contribution in [1.29, 1.82) is 0 Å². The van der Waals surface area contributed by atoms with Crippen LogP contribution in [0.4, 0.5) is 22.0 Å². The molecular weight excluding hydrogens is 283 g/mol. The summed E-state index contributed by atoms with van der Waals surface area (Å²) in [6.07, 6.45) is -4.45. The van der Waals surface area contributed by atoms with Gasteiger partial charge in [0.2, 0.25) is 11.8 Å². The van der Waals surface area contributed by atoms with E-state index in [1.54, 1.807) is 0 Å². The van der Waals surface area contributed by atoms with Crippen LogP contribution in [0.25, 0.3) is 0 Å². The lowest BCUT2D eigenvalue weighted by Gasteiger charge is -2.18. The third kappa shape index (κ3) is 6.49. The maximum Gasteiger partial charge on any atom is 0.401 e. The second-order valence-corrected chi connectivity index (χ2v) is 5.29. The molecule has 0 aliphatic heterocycles. The molecule has 0 bridgehead atoms. The standard InChI is InChI=1S/C12H19F5N2O/c1-19(8-12(15,16)17)6-2-5-18-10(20)9-3-4-11(13,14)7-9/h9H,2-8H2,1H3,(H,18,20)/t9-/m1/s1. The predicted molar refractivity (Wildman–Crippen MR) is 63.5 cm³/mol. The van der Waals surface area contributed by atoms with Gasteiger partial charge in [0.05, 0.1) is 6.54 Å². The van der Waals surface area contributed by atoms with E-state index in [9.17, 15) is 26.7 Å². The van der Waals surface area contributed by atoms with E-state index < -0.39 is 36.9 Å². The molecule has 0 radical (unpaired) electrons. The maximum absolute atomic E-state index is 12.9. The number of hydrogen-bond acceptors (Lipinski definition) is 2. The Balaban J connectivity index is 2.14. The van der Waals surface area contributed by atoms with Crippen molar-refractivity contribution in [3.63, 3.8) is 0 Å². The molecule has 20 heavy (non-hydrogen) atoms. The summed E-state index contributed by atoms with van der Waals surface area (Å²) in [6.45, 7) is -0.625. The zero-order valence-corrected chi connectivity index (χ0v) is 11.3. The molecule has 1 N–H and O–H groups in total. The van der Waals surface area contributed by atoms with Crippen LogP contribution < -0.4 is 5.32 Å². The first-order chi connectivity index (χ1) is 9.09. The number of carbonyl (C=O) groups excluding carboxylic acids is 1. The molecule has 0 spiro atoms. The number of nitrogens with zero attached hydrogens (tertiary/aromatic N) is 1. The molecular formula is C12H19F5N2O. The lowest BCUT2D eigenvalue weighted by Crippen LogP contribution is -2.35. The fraction of sp³-hybridized carbons (Fsp3) is 0.917. The Kier molecular flexibility index (Phi) is 5.73. The first-order valence-corrected chi connectivity index (χ1v) is 6.50. The molecule has 3 nitrogen and oxygen atoms in total. The van der Waals surface area contributed by atoms with E-state index in [1.165, 1.54) is 7.05 Å². The highest BCUT2D eigenvalue weighted by Crippen LogP contribution is 2.38. The normalized spacial score (nSPS) is 22.2. The van der Waals surface area contributed by atoms with Crippen LogP contribution in [-0.4, -0.2) is 49.6 Å². The van der Waals surface area contributed by atoms with E-state index in [1.807, 2.05) is 0 Å².